The Bertz CT molecular complexity index is 745. The fraction of sp³-hybridized carbons (Fsp3) is 0.222. The molecule has 0 aromatic heterocycles. The minimum Gasteiger partial charge on any atom is -0.352 e. The Hall–Kier alpha value is -2.04. The van der Waals surface area contributed by atoms with Crippen LogP contribution in [0.15, 0.2) is 48.5 Å². The first-order valence-electron chi connectivity index (χ1n) is 7.63. The van der Waals surface area contributed by atoms with Crippen molar-refractivity contribution in [2.75, 3.05) is 5.32 Å². The molecule has 1 saturated carbocycles. The molecule has 3 rings (SSSR count). The number of rotatable bonds is 5. The molecule has 2 aromatic carbocycles. The second-order valence-corrected chi connectivity index (χ2v) is 6.55. The highest BCUT2D eigenvalue weighted by atomic mass is 35.5. The number of amides is 2. The van der Waals surface area contributed by atoms with Crippen LogP contribution in [0.5, 0.6) is 0 Å². The van der Waals surface area contributed by atoms with E-state index in [2.05, 4.69) is 10.6 Å². The van der Waals surface area contributed by atoms with Crippen LogP contribution in [0.3, 0.4) is 0 Å². The third-order valence-corrected chi connectivity index (χ3v) is 4.61. The van der Waals surface area contributed by atoms with Crippen molar-refractivity contribution in [2.45, 2.75) is 13.0 Å². The van der Waals surface area contributed by atoms with Crippen molar-refractivity contribution in [3.8, 4) is 0 Å². The van der Waals surface area contributed by atoms with Gasteiger partial charge in [-0.3, -0.25) is 9.59 Å². The lowest BCUT2D eigenvalue weighted by molar-refractivity contribution is -0.125. The minimum atomic E-state index is -0.340. The normalized spacial score (nSPS) is 18.8. The van der Waals surface area contributed by atoms with E-state index in [0.29, 0.717) is 28.7 Å². The van der Waals surface area contributed by atoms with Gasteiger partial charge in [-0.05, 0) is 24.1 Å². The van der Waals surface area contributed by atoms with Gasteiger partial charge in [-0.2, -0.15) is 0 Å². The molecule has 4 nitrogen and oxygen atoms in total. The first-order valence-corrected chi connectivity index (χ1v) is 8.38. The first-order chi connectivity index (χ1) is 11.6. The first kappa shape index (κ1) is 16.8. The maximum Gasteiger partial charge on any atom is 0.228 e. The van der Waals surface area contributed by atoms with Crippen LogP contribution in [0.4, 0.5) is 5.69 Å². The van der Waals surface area contributed by atoms with Crippen LogP contribution in [-0.4, -0.2) is 11.8 Å². The second kappa shape index (κ2) is 7.24. The van der Waals surface area contributed by atoms with Crippen molar-refractivity contribution in [3.05, 3.63) is 64.1 Å². The molecule has 0 aliphatic heterocycles. The van der Waals surface area contributed by atoms with Crippen molar-refractivity contribution < 1.29 is 9.59 Å². The summed E-state index contributed by atoms with van der Waals surface area (Å²) in [5.41, 5.74) is 1.41. The highest BCUT2D eigenvalue weighted by molar-refractivity contribution is 6.39. The number of halogens is 2. The number of para-hydroxylation sites is 1. The van der Waals surface area contributed by atoms with Gasteiger partial charge in [0.2, 0.25) is 11.8 Å². The molecule has 1 fully saturated rings. The molecule has 1 aliphatic carbocycles. The summed E-state index contributed by atoms with van der Waals surface area (Å²) in [6.45, 7) is 0.459. The van der Waals surface area contributed by atoms with Gasteiger partial charge in [0.25, 0.3) is 0 Å². The molecular formula is C18H16Cl2N2O2. The average molecular weight is 363 g/mol. The van der Waals surface area contributed by atoms with Gasteiger partial charge < -0.3 is 10.6 Å². The monoisotopic (exact) mass is 362 g/mol. The molecule has 2 N–H and O–H groups in total. The van der Waals surface area contributed by atoms with Crippen molar-refractivity contribution in [1.82, 2.24) is 5.32 Å². The van der Waals surface area contributed by atoms with Gasteiger partial charge in [0.15, 0.2) is 0 Å². The van der Waals surface area contributed by atoms with E-state index in [1.54, 1.807) is 18.2 Å². The fourth-order valence-electron chi connectivity index (χ4n) is 2.52. The number of carbonyl (C=O) groups is 2. The van der Waals surface area contributed by atoms with Crippen LogP contribution in [0, 0.1) is 11.8 Å². The number of anilines is 1. The predicted octanol–water partition coefficient (Wildman–Crippen LogP) is 3.88. The van der Waals surface area contributed by atoms with Crippen molar-refractivity contribution in [1.29, 1.82) is 0 Å². The van der Waals surface area contributed by atoms with Gasteiger partial charge in [0, 0.05) is 6.54 Å². The average Bonchev–Trinajstić information content (AvgIpc) is 3.38. The summed E-state index contributed by atoms with van der Waals surface area (Å²) >= 11 is 12.1. The quantitative estimate of drug-likeness (QED) is 0.847. The van der Waals surface area contributed by atoms with Crippen LogP contribution in [0.25, 0.3) is 0 Å². The smallest absolute Gasteiger partial charge is 0.228 e. The molecule has 2 atom stereocenters. The summed E-state index contributed by atoms with van der Waals surface area (Å²) < 4.78 is 0. The SMILES string of the molecule is O=C(NCc1ccccc1)C1CC1C(=O)Nc1c(Cl)cccc1Cl. The van der Waals surface area contributed by atoms with Crippen molar-refractivity contribution >= 4 is 40.7 Å². The van der Waals surface area contributed by atoms with Crippen LogP contribution < -0.4 is 10.6 Å². The number of hydrogen-bond acceptors (Lipinski definition) is 2. The van der Waals surface area contributed by atoms with Gasteiger partial charge in [-0.15, -0.1) is 0 Å². The van der Waals surface area contributed by atoms with Gasteiger partial charge >= 0.3 is 0 Å². The largest absolute Gasteiger partial charge is 0.352 e. The second-order valence-electron chi connectivity index (χ2n) is 5.74. The number of hydrogen-bond donors (Lipinski definition) is 2. The molecule has 2 unspecified atom stereocenters. The summed E-state index contributed by atoms with van der Waals surface area (Å²) in [7, 11) is 0. The highest BCUT2D eigenvalue weighted by Crippen LogP contribution is 2.40. The molecule has 6 heteroatoms. The van der Waals surface area contributed by atoms with E-state index in [1.165, 1.54) is 0 Å². The van der Waals surface area contributed by atoms with Gasteiger partial charge in [0.05, 0.1) is 27.6 Å². The van der Waals surface area contributed by atoms with Gasteiger partial charge in [-0.25, -0.2) is 0 Å². The van der Waals surface area contributed by atoms with Gasteiger partial charge in [0.1, 0.15) is 0 Å². The summed E-state index contributed by atoms with van der Waals surface area (Å²) in [4.78, 5) is 24.4. The Kier molecular flexibility index (Phi) is 5.07. The number of benzene rings is 2. The van der Waals surface area contributed by atoms with Crippen LogP contribution in [0.2, 0.25) is 10.0 Å². The van der Waals surface area contributed by atoms with E-state index in [1.807, 2.05) is 30.3 Å². The molecule has 0 bridgehead atoms. The molecule has 2 aromatic rings. The van der Waals surface area contributed by atoms with Crippen LogP contribution >= 0.6 is 23.2 Å². The molecule has 0 saturated heterocycles. The molecule has 1 aliphatic rings. The maximum absolute atomic E-state index is 12.3. The van der Waals surface area contributed by atoms with Crippen LogP contribution in [0.1, 0.15) is 12.0 Å². The molecule has 0 spiro atoms. The molecule has 124 valence electrons. The lowest BCUT2D eigenvalue weighted by atomic mass is 10.2. The van der Waals surface area contributed by atoms with Gasteiger partial charge in [-0.1, -0.05) is 59.6 Å². The molecule has 0 radical (unpaired) electrons. The molecular weight excluding hydrogens is 347 g/mol. The molecule has 0 heterocycles. The topological polar surface area (TPSA) is 58.2 Å². The van der Waals surface area contributed by atoms with E-state index < -0.39 is 0 Å². The molecule has 2 amide bonds. The summed E-state index contributed by atoms with van der Waals surface area (Å²) in [6.07, 6.45) is 0.536. The molecule has 24 heavy (non-hydrogen) atoms. The summed E-state index contributed by atoms with van der Waals surface area (Å²) in [5.74, 6) is -0.975. The standard InChI is InChI=1S/C18H16Cl2N2O2/c19-14-7-4-8-15(20)16(14)22-18(24)13-9-12(13)17(23)21-10-11-5-2-1-3-6-11/h1-8,12-13H,9-10H2,(H,21,23)(H,22,24). The third-order valence-electron chi connectivity index (χ3n) is 3.98. The Morgan fingerprint density at radius 3 is 2.21 bits per heavy atom. The fourth-order valence-corrected chi connectivity index (χ4v) is 3.02. The number of carbonyl (C=O) groups excluding carboxylic acids is 2. The Morgan fingerprint density at radius 2 is 1.54 bits per heavy atom. The third kappa shape index (κ3) is 3.89. The van der Waals surface area contributed by atoms with Crippen molar-refractivity contribution in [2.24, 2.45) is 11.8 Å². The highest BCUT2D eigenvalue weighted by Gasteiger charge is 2.48. The lowest BCUT2D eigenvalue weighted by Gasteiger charge is -2.09. The Labute approximate surface area is 150 Å². The minimum absolute atomic E-state index is 0.107. The summed E-state index contributed by atoms with van der Waals surface area (Å²) in [5, 5.41) is 6.33. The van der Waals surface area contributed by atoms with E-state index in [-0.39, 0.29) is 23.7 Å². The lowest BCUT2D eigenvalue weighted by Crippen LogP contribution is -2.27. The number of nitrogens with one attached hydrogen (secondary N) is 2. The zero-order valence-corrected chi connectivity index (χ0v) is 14.3. The van der Waals surface area contributed by atoms with E-state index >= 15 is 0 Å². The maximum atomic E-state index is 12.3. The van der Waals surface area contributed by atoms with E-state index in [4.69, 9.17) is 23.2 Å². The van der Waals surface area contributed by atoms with Crippen molar-refractivity contribution in [3.63, 3.8) is 0 Å². The van der Waals surface area contributed by atoms with Crippen LogP contribution in [-0.2, 0) is 16.1 Å². The Morgan fingerprint density at radius 1 is 0.917 bits per heavy atom. The zero-order valence-electron chi connectivity index (χ0n) is 12.8. The predicted molar refractivity (Wildman–Crippen MR) is 95.0 cm³/mol. The van der Waals surface area contributed by atoms with E-state index in [9.17, 15) is 9.59 Å². The summed E-state index contributed by atoms with van der Waals surface area (Å²) in [6, 6.07) is 14.7. The van der Waals surface area contributed by atoms with E-state index in [0.717, 1.165) is 5.56 Å². The Balaban J connectivity index is 1.53. The zero-order chi connectivity index (χ0) is 17.1.